The Labute approximate surface area is 178 Å². The zero-order valence-corrected chi connectivity index (χ0v) is 13.9. The third kappa shape index (κ3) is 5.51. The monoisotopic (exact) mass is 424 g/mol. The van der Waals surface area contributed by atoms with Crippen LogP contribution in [0.1, 0.15) is 0 Å². The minimum atomic E-state index is -4.67. The summed E-state index contributed by atoms with van der Waals surface area (Å²) in [6.45, 7) is 0. The molecule has 3 aromatic rings. The van der Waals surface area contributed by atoms with Crippen molar-refractivity contribution in [2.24, 2.45) is 0 Å². The van der Waals surface area contributed by atoms with E-state index < -0.39 is 33.1 Å². The molecule has 0 bridgehead atoms. The fourth-order valence-electron chi connectivity index (χ4n) is 2.14. The average Bonchev–Trinajstić information content (AvgIpc) is 2.51. The van der Waals surface area contributed by atoms with E-state index in [9.17, 15) is 30.3 Å². The molecule has 11 nitrogen and oxygen atoms in total. The summed E-state index contributed by atoms with van der Waals surface area (Å²) in [7, 11) is -4.67. The second kappa shape index (κ2) is 8.68. The first-order chi connectivity index (χ1) is 12.4. The molecule has 7 N–H and O–H groups in total. The Bertz CT molecular complexity index is 1180. The quantitative estimate of drug-likeness (QED) is 0.164. The van der Waals surface area contributed by atoms with Crippen molar-refractivity contribution in [2.75, 3.05) is 0 Å². The van der Waals surface area contributed by atoms with E-state index >= 15 is 0 Å². The van der Waals surface area contributed by atoms with Crippen molar-refractivity contribution in [3.8, 4) is 40.1 Å². The summed E-state index contributed by atoms with van der Waals surface area (Å²) in [6, 6.07) is 5.64. The van der Waals surface area contributed by atoms with Crippen LogP contribution in [-0.2, 0) is 10.4 Å². The number of rotatable bonds is 1. The molecule has 0 unspecified atom stereocenters. The van der Waals surface area contributed by atoms with Gasteiger partial charge in [0.25, 0.3) is 0 Å². The van der Waals surface area contributed by atoms with Crippen molar-refractivity contribution in [2.45, 2.75) is 0 Å². The molecular weight excluding hydrogens is 411 g/mol. The summed E-state index contributed by atoms with van der Waals surface area (Å²) in [5.41, 5.74) is -0.890. The molecule has 1 heterocycles. The summed E-state index contributed by atoms with van der Waals surface area (Å²) in [6.07, 6.45) is 0. The van der Waals surface area contributed by atoms with Gasteiger partial charge in [0.2, 0.25) is 11.2 Å². The molecule has 0 fully saturated rings. The number of phenolic OH excluding ortho intramolecular Hbond substituents is 4. The van der Waals surface area contributed by atoms with Gasteiger partial charge in [-0.15, -0.1) is 0 Å². The van der Waals surface area contributed by atoms with E-state index in [1.165, 1.54) is 6.07 Å². The average molecular weight is 424 g/mol. The van der Waals surface area contributed by atoms with Crippen LogP contribution in [0.15, 0.2) is 39.5 Å². The van der Waals surface area contributed by atoms with Crippen molar-refractivity contribution < 1.29 is 47.5 Å². The maximum absolute atomic E-state index is 12.1. The van der Waals surface area contributed by atoms with Gasteiger partial charge in [-0.3, -0.25) is 13.9 Å². The molecule has 1 aromatic heterocycles. The number of aromatic hydroxyl groups is 5. The summed E-state index contributed by atoms with van der Waals surface area (Å²) in [4.78, 5) is 12.1. The van der Waals surface area contributed by atoms with Crippen molar-refractivity contribution >= 4 is 50.9 Å². The van der Waals surface area contributed by atoms with Gasteiger partial charge < -0.3 is 29.9 Å². The molecule has 0 radical (unpaired) electrons. The zero-order chi connectivity index (χ0) is 20.5. The van der Waals surface area contributed by atoms with Gasteiger partial charge in [0, 0.05) is 17.7 Å². The van der Waals surface area contributed by atoms with Gasteiger partial charge in [0.05, 0.1) is 0 Å². The van der Waals surface area contributed by atoms with Crippen LogP contribution < -0.4 is 5.43 Å². The van der Waals surface area contributed by atoms with Gasteiger partial charge in [-0.2, -0.15) is 8.42 Å². The van der Waals surface area contributed by atoms with Crippen molar-refractivity contribution in [3.05, 3.63) is 40.6 Å². The van der Waals surface area contributed by atoms with Gasteiger partial charge in [0.15, 0.2) is 17.3 Å². The number of hydrogen-bond donors (Lipinski definition) is 7. The third-order valence-corrected chi connectivity index (χ3v) is 3.17. The van der Waals surface area contributed by atoms with Crippen LogP contribution >= 0.6 is 0 Å². The normalized spacial score (nSPS) is 10.6. The first kappa shape index (κ1) is 23.6. The first-order valence-electron chi connectivity index (χ1n) is 6.82. The van der Waals surface area contributed by atoms with Crippen LogP contribution in [0, 0.1) is 0 Å². The van der Waals surface area contributed by atoms with Crippen LogP contribution in [0.3, 0.4) is 0 Å². The van der Waals surface area contributed by atoms with E-state index in [2.05, 4.69) is 0 Å². The maximum atomic E-state index is 12.1. The van der Waals surface area contributed by atoms with Gasteiger partial charge in [-0.25, -0.2) is 0 Å². The topological polar surface area (TPSA) is 206 Å². The van der Waals surface area contributed by atoms with Gasteiger partial charge in [-0.05, 0) is 18.2 Å². The molecule has 0 aliphatic heterocycles. The fourth-order valence-corrected chi connectivity index (χ4v) is 2.14. The zero-order valence-electron chi connectivity index (χ0n) is 13.1. The van der Waals surface area contributed by atoms with Gasteiger partial charge >= 0.3 is 40.0 Å². The van der Waals surface area contributed by atoms with Crippen molar-refractivity contribution in [1.82, 2.24) is 0 Å². The molecule has 0 atom stereocenters. The first-order valence-corrected chi connectivity index (χ1v) is 8.22. The summed E-state index contributed by atoms with van der Waals surface area (Å²) >= 11 is 0. The predicted octanol–water partition coefficient (Wildman–Crippen LogP) is 0.687. The van der Waals surface area contributed by atoms with Gasteiger partial charge in [0.1, 0.15) is 22.5 Å². The van der Waals surface area contributed by atoms with Crippen LogP contribution in [0.5, 0.6) is 28.7 Å². The summed E-state index contributed by atoms with van der Waals surface area (Å²) < 4.78 is 36.9. The van der Waals surface area contributed by atoms with E-state index in [1.54, 1.807) is 0 Å². The Morgan fingerprint density at radius 2 is 1.39 bits per heavy atom. The number of phenols is 4. The van der Waals surface area contributed by atoms with Crippen LogP contribution in [0.25, 0.3) is 22.3 Å². The SMILES string of the molecule is O=S(=O)(O)O.O=c1c(O)c(-c2ccc(O)c(O)c2)oc2cc(O)cc(O)c12.[NaH]. The fraction of sp³-hybridized carbons (Fsp3) is 0. The molecule has 0 saturated carbocycles. The second-order valence-corrected chi connectivity index (χ2v) is 5.99. The summed E-state index contributed by atoms with van der Waals surface area (Å²) in [5, 5.41) is 47.6. The second-order valence-electron chi connectivity index (χ2n) is 5.10. The predicted molar refractivity (Wildman–Crippen MR) is 97.6 cm³/mol. The molecule has 28 heavy (non-hydrogen) atoms. The van der Waals surface area contributed by atoms with Gasteiger partial charge in [-0.1, -0.05) is 0 Å². The molecule has 3 rings (SSSR count). The van der Waals surface area contributed by atoms with Crippen LogP contribution in [-0.4, -0.2) is 72.6 Å². The molecule has 0 amide bonds. The molecular formula is C15H13NaO11S. The van der Waals surface area contributed by atoms with E-state index in [-0.39, 0.29) is 63.3 Å². The molecule has 0 aliphatic rings. The van der Waals surface area contributed by atoms with E-state index in [0.29, 0.717) is 0 Å². The number of benzene rings is 2. The Balaban J connectivity index is 0.000000584. The Morgan fingerprint density at radius 3 is 1.93 bits per heavy atom. The minimum absolute atomic E-state index is 0. The van der Waals surface area contributed by atoms with E-state index in [1.807, 2.05) is 0 Å². The van der Waals surface area contributed by atoms with Crippen LogP contribution in [0.2, 0.25) is 0 Å². The van der Waals surface area contributed by atoms with Crippen LogP contribution in [0.4, 0.5) is 0 Å². The molecule has 146 valence electrons. The third-order valence-electron chi connectivity index (χ3n) is 3.17. The molecule has 2 aromatic carbocycles. The molecule has 0 aliphatic carbocycles. The Hall–Kier alpha value is -2.48. The van der Waals surface area contributed by atoms with Crippen molar-refractivity contribution in [3.63, 3.8) is 0 Å². The Kier molecular flexibility index (Phi) is 7.31. The van der Waals surface area contributed by atoms with E-state index in [4.69, 9.17) is 21.9 Å². The van der Waals surface area contributed by atoms with E-state index in [0.717, 1.165) is 24.3 Å². The molecule has 13 heteroatoms. The Morgan fingerprint density at radius 1 is 0.821 bits per heavy atom. The summed E-state index contributed by atoms with van der Waals surface area (Å²) in [5.74, 6) is -2.71. The molecule has 0 spiro atoms. The number of hydrogen-bond acceptors (Lipinski definition) is 9. The standard InChI is InChI=1S/C15H10O7.Na.H2O4S.H/c16-7-4-10(19)12-11(5-7)22-15(14(21)13(12)20)6-1-2-8(17)9(18)3-6;;1-5(2,3)4;/h1-5,16-19,21H;;(H2,1,2,3,4);. The number of fused-ring (bicyclic) bond motifs is 1. The molecule has 0 saturated heterocycles. The van der Waals surface area contributed by atoms with Crippen molar-refractivity contribution in [1.29, 1.82) is 0 Å².